The Kier molecular flexibility index (Phi) is 6.58. The van der Waals surface area contributed by atoms with Crippen molar-refractivity contribution in [1.29, 1.82) is 0 Å². The number of rotatable bonds is 6. The standard InChI is InChI=1S/C31H31N9O/c1-19-24(21(3)38(4)36-19)15-14-22-10-8-13-26-25(22)18-39(23-11-6-5-7-12-23)29(35-26)20(2)34-31(41)27-28(32)37-40-17-9-16-33-30(27)40/h5-17,20H,18H2,1-4H3,(H2,32,37)(H,34,41). The number of amides is 1. The molecule has 3 N–H and O–H groups in total. The second kappa shape index (κ2) is 10.4. The molecule has 206 valence electrons. The molecule has 41 heavy (non-hydrogen) atoms. The number of aliphatic imine (C=N–C) groups is 1. The van der Waals surface area contributed by atoms with E-state index < -0.39 is 6.04 Å². The van der Waals surface area contributed by atoms with Crippen LogP contribution in [-0.2, 0) is 13.6 Å². The first-order valence-corrected chi connectivity index (χ1v) is 13.4. The third-order valence-electron chi connectivity index (χ3n) is 7.46. The zero-order chi connectivity index (χ0) is 28.7. The summed E-state index contributed by atoms with van der Waals surface area (Å²) in [5, 5.41) is 11.8. The molecule has 1 atom stereocenters. The van der Waals surface area contributed by atoms with Crippen LogP contribution in [0.1, 0.15) is 45.4 Å². The Labute approximate surface area is 237 Å². The summed E-state index contributed by atoms with van der Waals surface area (Å²) in [6.45, 7) is 6.60. The Morgan fingerprint density at radius 1 is 1.05 bits per heavy atom. The molecule has 2 aromatic carbocycles. The van der Waals surface area contributed by atoms with Crippen molar-refractivity contribution < 1.29 is 4.79 Å². The minimum Gasteiger partial charge on any atom is -0.381 e. The minimum atomic E-state index is -0.436. The van der Waals surface area contributed by atoms with Gasteiger partial charge >= 0.3 is 0 Å². The number of nitrogens with two attached hydrogens (primary N) is 1. The molecule has 1 aliphatic heterocycles. The van der Waals surface area contributed by atoms with Gasteiger partial charge in [0.05, 0.1) is 24.0 Å². The number of hydrogen-bond acceptors (Lipinski definition) is 7. The molecule has 10 heteroatoms. The van der Waals surface area contributed by atoms with Crippen LogP contribution >= 0.6 is 0 Å². The van der Waals surface area contributed by atoms with Gasteiger partial charge in [-0.1, -0.05) is 42.5 Å². The van der Waals surface area contributed by atoms with Gasteiger partial charge in [0.25, 0.3) is 5.91 Å². The van der Waals surface area contributed by atoms with Gasteiger partial charge in [0, 0.05) is 41.9 Å². The molecule has 0 fully saturated rings. The second-order valence-corrected chi connectivity index (χ2v) is 10.1. The molecule has 1 amide bonds. The fraction of sp³-hybridized carbons (Fsp3) is 0.194. The molecule has 0 saturated carbocycles. The zero-order valence-corrected chi connectivity index (χ0v) is 23.4. The lowest BCUT2D eigenvalue weighted by Crippen LogP contribution is -2.48. The average Bonchev–Trinajstić information content (AvgIpc) is 3.44. The first-order chi connectivity index (χ1) is 19.8. The Hall–Kier alpha value is -5.25. The van der Waals surface area contributed by atoms with Crippen molar-refractivity contribution in [2.45, 2.75) is 33.4 Å². The van der Waals surface area contributed by atoms with Crippen molar-refractivity contribution in [3.63, 3.8) is 0 Å². The molecule has 0 saturated heterocycles. The monoisotopic (exact) mass is 545 g/mol. The number of carbonyl (C=O) groups is 1. The van der Waals surface area contributed by atoms with Crippen LogP contribution in [0.4, 0.5) is 17.2 Å². The molecule has 0 spiro atoms. The lowest BCUT2D eigenvalue weighted by Gasteiger charge is -2.34. The number of hydrogen-bond donors (Lipinski definition) is 2. The number of aromatic nitrogens is 5. The lowest BCUT2D eigenvalue weighted by molar-refractivity contribution is 0.0951. The van der Waals surface area contributed by atoms with Crippen LogP contribution in [0.3, 0.4) is 0 Å². The second-order valence-electron chi connectivity index (χ2n) is 10.1. The summed E-state index contributed by atoms with van der Waals surface area (Å²) in [5.41, 5.74) is 14.0. The number of nitrogens with one attached hydrogen (secondary N) is 1. The predicted octanol–water partition coefficient (Wildman–Crippen LogP) is 4.70. The van der Waals surface area contributed by atoms with Crippen LogP contribution in [0.5, 0.6) is 0 Å². The summed E-state index contributed by atoms with van der Waals surface area (Å²) in [7, 11) is 1.96. The van der Waals surface area contributed by atoms with Gasteiger partial charge in [0.1, 0.15) is 11.4 Å². The Bertz CT molecular complexity index is 1830. The third kappa shape index (κ3) is 4.73. The van der Waals surface area contributed by atoms with E-state index in [4.69, 9.17) is 10.7 Å². The van der Waals surface area contributed by atoms with Crippen molar-refractivity contribution in [1.82, 2.24) is 29.7 Å². The molecule has 5 aromatic rings. The van der Waals surface area contributed by atoms with Crippen molar-refractivity contribution in [2.75, 3.05) is 10.6 Å². The zero-order valence-electron chi connectivity index (χ0n) is 23.4. The fourth-order valence-electron chi connectivity index (χ4n) is 5.27. The lowest BCUT2D eigenvalue weighted by atomic mass is 10.00. The summed E-state index contributed by atoms with van der Waals surface area (Å²) in [6.07, 6.45) is 7.57. The molecular weight excluding hydrogens is 514 g/mol. The van der Waals surface area contributed by atoms with Gasteiger partial charge in [-0.25, -0.2) is 14.5 Å². The number of amidine groups is 1. The van der Waals surface area contributed by atoms with Gasteiger partial charge in [-0.05, 0) is 50.6 Å². The largest absolute Gasteiger partial charge is 0.381 e. The molecular formula is C31H31N9O. The number of para-hydroxylation sites is 1. The van der Waals surface area contributed by atoms with E-state index in [2.05, 4.69) is 50.5 Å². The molecule has 3 aromatic heterocycles. The van der Waals surface area contributed by atoms with Crippen molar-refractivity contribution in [3.05, 3.63) is 101 Å². The van der Waals surface area contributed by atoms with Crippen LogP contribution in [0.25, 0.3) is 17.8 Å². The van der Waals surface area contributed by atoms with Crippen LogP contribution in [-0.4, -0.2) is 42.2 Å². The molecule has 1 aliphatic rings. The maximum absolute atomic E-state index is 13.4. The van der Waals surface area contributed by atoms with E-state index in [-0.39, 0.29) is 17.3 Å². The van der Waals surface area contributed by atoms with Gasteiger partial charge in [-0.2, -0.15) is 5.10 Å². The number of nitrogens with zero attached hydrogens (tertiary/aromatic N) is 7. The van der Waals surface area contributed by atoms with Crippen molar-refractivity contribution in [2.24, 2.45) is 12.0 Å². The van der Waals surface area contributed by atoms with Gasteiger partial charge < -0.3 is 16.0 Å². The summed E-state index contributed by atoms with van der Waals surface area (Å²) in [4.78, 5) is 25.0. The van der Waals surface area contributed by atoms with Gasteiger partial charge in [-0.3, -0.25) is 9.48 Å². The number of aryl methyl sites for hydroxylation is 2. The predicted molar refractivity (Wildman–Crippen MR) is 162 cm³/mol. The maximum Gasteiger partial charge on any atom is 0.259 e. The smallest absolute Gasteiger partial charge is 0.259 e. The third-order valence-corrected chi connectivity index (χ3v) is 7.46. The molecule has 10 nitrogen and oxygen atoms in total. The Morgan fingerprint density at radius 2 is 1.85 bits per heavy atom. The summed E-state index contributed by atoms with van der Waals surface area (Å²) < 4.78 is 3.40. The van der Waals surface area contributed by atoms with Gasteiger partial charge in [0.2, 0.25) is 0 Å². The van der Waals surface area contributed by atoms with E-state index in [0.717, 1.165) is 45.3 Å². The number of benzene rings is 2. The maximum atomic E-state index is 13.4. The molecule has 0 aliphatic carbocycles. The van der Waals surface area contributed by atoms with E-state index >= 15 is 0 Å². The number of nitrogen functional groups attached to an aromatic ring is 1. The highest BCUT2D eigenvalue weighted by atomic mass is 16.1. The summed E-state index contributed by atoms with van der Waals surface area (Å²) >= 11 is 0. The van der Waals surface area contributed by atoms with E-state index in [0.29, 0.717) is 12.2 Å². The first kappa shape index (κ1) is 26.0. The average molecular weight is 546 g/mol. The number of anilines is 2. The summed E-state index contributed by atoms with van der Waals surface area (Å²) in [5.74, 6) is 0.490. The fourth-order valence-corrected chi connectivity index (χ4v) is 5.27. The van der Waals surface area contributed by atoms with Crippen LogP contribution in [0.15, 0.2) is 72.0 Å². The highest BCUT2D eigenvalue weighted by Crippen LogP contribution is 2.34. The van der Waals surface area contributed by atoms with E-state index in [1.54, 1.807) is 18.5 Å². The van der Waals surface area contributed by atoms with E-state index in [1.165, 1.54) is 4.52 Å². The van der Waals surface area contributed by atoms with Crippen LogP contribution in [0, 0.1) is 13.8 Å². The normalized spacial score (nSPS) is 13.9. The Balaban J connectivity index is 1.37. The molecule has 0 bridgehead atoms. The minimum absolute atomic E-state index is 0.125. The van der Waals surface area contributed by atoms with E-state index in [1.807, 2.05) is 68.0 Å². The first-order valence-electron chi connectivity index (χ1n) is 13.4. The van der Waals surface area contributed by atoms with Crippen LogP contribution in [0.2, 0.25) is 0 Å². The molecule has 6 rings (SSSR count). The molecule has 1 unspecified atom stereocenters. The van der Waals surface area contributed by atoms with Crippen molar-refractivity contribution in [3.8, 4) is 0 Å². The quantitative estimate of drug-likeness (QED) is 0.319. The van der Waals surface area contributed by atoms with Crippen molar-refractivity contribution >= 4 is 46.7 Å². The SMILES string of the molecule is Cc1nn(C)c(C)c1C=Cc1cccc2c1CN(c1ccccc1)C(C(C)NC(=O)c1c(N)nn3cccnc13)=N2. The van der Waals surface area contributed by atoms with Gasteiger partial charge in [0.15, 0.2) is 11.5 Å². The van der Waals surface area contributed by atoms with E-state index in [9.17, 15) is 4.79 Å². The Morgan fingerprint density at radius 3 is 2.61 bits per heavy atom. The topological polar surface area (TPSA) is 119 Å². The van der Waals surface area contributed by atoms with Gasteiger partial charge in [-0.15, -0.1) is 5.10 Å². The highest BCUT2D eigenvalue weighted by molar-refractivity contribution is 6.10. The number of fused-ring (bicyclic) bond motifs is 2. The van der Waals surface area contributed by atoms with Crippen LogP contribution < -0.4 is 16.0 Å². The summed E-state index contributed by atoms with van der Waals surface area (Å²) in [6, 6.07) is 17.5. The number of carbonyl (C=O) groups excluding carboxylic acids is 1. The highest BCUT2D eigenvalue weighted by Gasteiger charge is 2.29. The molecule has 4 heterocycles. The molecule has 0 radical (unpaired) electrons.